The van der Waals surface area contributed by atoms with Gasteiger partial charge in [0.2, 0.25) is 0 Å². The molecule has 1 aliphatic heterocycles. The summed E-state index contributed by atoms with van der Waals surface area (Å²) in [6, 6.07) is 8.02. The summed E-state index contributed by atoms with van der Waals surface area (Å²) in [6.45, 7) is -0.967. The number of aromatic nitrogens is 2. The van der Waals surface area contributed by atoms with Crippen molar-refractivity contribution < 1.29 is 37.7 Å². The first-order chi connectivity index (χ1) is 16.1. The fraction of sp³-hybridized carbons (Fsp3) is 0.333. The van der Waals surface area contributed by atoms with Crippen LogP contribution in [0.25, 0.3) is 6.08 Å². The minimum absolute atomic E-state index is 0.0205. The monoisotopic (exact) mass is 482 g/mol. The zero-order valence-corrected chi connectivity index (χ0v) is 17.5. The zero-order valence-electron chi connectivity index (χ0n) is 17.5. The molecule has 2 amide bonds. The lowest BCUT2D eigenvalue weighted by Gasteiger charge is -2.16. The molecule has 1 aromatic heterocycles. The maximum atomic E-state index is 12.6. The Balaban J connectivity index is 1.88. The number of nitrogens with one attached hydrogen (secondary N) is 2. The molecule has 1 fully saturated rings. The lowest BCUT2D eigenvalue weighted by Crippen LogP contribution is -2.36. The number of hydrogen-bond acceptors (Lipinski definition) is 7. The van der Waals surface area contributed by atoms with Gasteiger partial charge in [-0.1, -0.05) is 30.4 Å². The van der Waals surface area contributed by atoms with Crippen molar-refractivity contribution >= 4 is 23.7 Å². The highest BCUT2D eigenvalue weighted by atomic mass is 19.4. The van der Waals surface area contributed by atoms with E-state index in [-0.39, 0.29) is 23.4 Å². The second-order valence-electron chi connectivity index (χ2n) is 7.28. The topological polar surface area (TPSA) is 143 Å². The summed E-state index contributed by atoms with van der Waals surface area (Å²) in [5.74, 6) is -2.88. The van der Waals surface area contributed by atoms with E-state index in [0.717, 1.165) is 4.57 Å². The van der Waals surface area contributed by atoms with Crippen LogP contribution in [0.4, 0.5) is 19.0 Å². The van der Waals surface area contributed by atoms with Gasteiger partial charge in [-0.2, -0.15) is 18.2 Å². The highest BCUT2D eigenvalue weighted by molar-refractivity contribution is 6.04. The van der Waals surface area contributed by atoms with Crippen LogP contribution < -0.4 is 16.3 Å². The number of ether oxygens (including phenoxy) is 1. The molecule has 0 aliphatic carbocycles. The Morgan fingerprint density at radius 2 is 1.97 bits per heavy atom. The molecule has 0 unspecified atom stereocenters. The third-order valence-electron chi connectivity index (χ3n) is 4.88. The van der Waals surface area contributed by atoms with E-state index in [1.54, 1.807) is 23.5 Å². The molecule has 2 heterocycles. The summed E-state index contributed by atoms with van der Waals surface area (Å²) >= 11 is 0. The number of halogens is 3. The van der Waals surface area contributed by atoms with Crippen LogP contribution in [-0.4, -0.2) is 63.1 Å². The van der Waals surface area contributed by atoms with Crippen molar-refractivity contribution in [2.24, 2.45) is 0 Å². The summed E-state index contributed by atoms with van der Waals surface area (Å²) in [6.07, 6.45) is -4.29. The molecule has 2 aromatic rings. The van der Waals surface area contributed by atoms with Crippen molar-refractivity contribution in [3.63, 3.8) is 0 Å². The molecule has 0 radical (unpaired) electrons. The van der Waals surface area contributed by atoms with E-state index in [4.69, 9.17) is 4.74 Å². The van der Waals surface area contributed by atoms with Crippen LogP contribution in [0.2, 0.25) is 0 Å². The molecule has 3 rings (SSSR count). The van der Waals surface area contributed by atoms with E-state index in [1.165, 1.54) is 30.5 Å². The number of aliphatic hydroxyl groups excluding tert-OH is 2. The average molecular weight is 482 g/mol. The van der Waals surface area contributed by atoms with E-state index in [0.29, 0.717) is 0 Å². The van der Waals surface area contributed by atoms with Gasteiger partial charge < -0.3 is 25.6 Å². The van der Waals surface area contributed by atoms with Gasteiger partial charge in [0.1, 0.15) is 18.1 Å². The van der Waals surface area contributed by atoms with Crippen molar-refractivity contribution in [2.75, 3.05) is 18.5 Å². The summed E-state index contributed by atoms with van der Waals surface area (Å²) in [7, 11) is 0. The quantitative estimate of drug-likeness (QED) is 0.458. The Hall–Kier alpha value is -3.55. The fourth-order valence-corrected chi connectivity index (χ4v) is 3.17. The molecule has 0 spiro atoms. The van der Waals surface area contributed by atoms with Crippen molar-refractivity contribution in [3.05, 3.63) is 64.2 Å². The number of amides is 2. The molecule has 182 valence electrons. The average Bonchev–Trinajstić information content (AvgIpc) is 3.17. The predicted octanol–water partition coefficient (Wildman–Crippen LogP) is 0.828. The lowest BCUT2D eigenvalue weighted by molar-refractivity contribution is -0.173. The van der Waals surface area contributed by atoms with Gasteiger partial charge in [-0.25, -0.2) is 4.79 Å². The van der Waals surface area contributed by atoms with Gasteiger partial charge in [0.05, 0.1) is 12.7 Å². The fourth-order valence-electron chi connectivity index (χ4n) is 3.17. The number of hydrogen-bond donors (Lipinski definition) is 4. The number of rotatable bonds is 7. The van der Waals surface area contributed by atoms with Crippen LogP contribution in [0.1, 0.15) is 28.6 Å². The molecule has 34 heavy (non-hydrogen) atoms. The highest BCUT2D eigenvalue weighted by Crippen LogP contribution is 2.28. The number of aliphatic hydroxyl groups is 2. The van der Waals surface area contributed by atoms with Gasteiger partial charge >= 0.3 is 17.8 Å². The Labute approximate surface area is 190 Å². The zero-order chi connectivity index (χ0) is 24.9. The van der Waals surface area contributed by atoms with E-state index in [1.807, 2.05) is 0 Å². The Morgan fingerprint density at radius 3 is 2.59 bits per heavy atom. The van der Waals surface area contributed by atoms with Gasteiger partial charge in [-0.05, 0) is 12.1 Å². The second kappa shape index (κ2) is 10.6. The Morgan fingerprint density at radius 1 is 1.26 bits per heavy atom. The second-order valence-corrected chi connectivity index (χ2v) is 7.28. The van der Waals surface area contributed by atoms with E-state index < -0.39 is 55.3 Å². The van der Waals surface area contributed by atoms with E-state index in [9.17, 15) is 37.8 Å². The van der Waals surface area contributed by atoms with E-state index in [2.05, 4.69) is 10.3 Å². The van der Waals surface area contributed by atoms with Crippen LogP contribution in [0.15, 0.2) is 47.4 Å². The van der Waals surface area contributed by atoms with Gasteiger partial charge in [0.25, 0.3) is 5.91 Å². The number of carbonyl (C=O) groups excluding carboxylic acids is 2. The molecule has 3 atom stereocenters. The maximum Gasteiger partial charge on any atom is 0.471 e. The molecule has 4 N–H and O–H groups in total. The normalized spacial score (nSPS) is 20.4. The van der Waals surface area contributed by atoms with Crippen LogP contribution in [0.5, 0.6) is 0 Å². The third-order valence-corrected chi connectivity index (χ3v) is 4.88. The first kappa shape index (κ1) is 25.1. The smallest absolute Gasteiger partial charge is 0.394 e. The Bertz CT molecular complexity index is 1120. The minimum atomic E-state index is -5.04. The highest BCUT2D eigenvalue weighted by Gasteiger charge is 2.38. The molecular weight excluding hydrogens is 461 g/mol. The summed E-state index contributed by atoms with van der Waals surface area (Å²) in [4.78, 5) is 39.9. The first-order valence-electron chi connectivity index (χ1n) is 10.1. The largest absolute Gasteiger partial charge is 0.471 e. The lowest BCUT2D eigenvalue weighted by atomic mass is 10.2. The molecule has 1 aliphatic rings. The van der Waals surface area contributed by atoms with Gasteiger partial charge in [-0.3, -0.25) is 14.2 Å². The molecular formula is C21H21F3N4O6. The summed E-state index contributed by atoms with van der Waals surface area (Å²) in [5.41, 5.74) is -0.439. The molecule has 10 nitrogen and oxygen atoms in total. The van der Waals surface area contributed by atoms with Crippen LogP contribution in [0.3, 0.4) is 0 Å². The molecule has 1 saturated heterocycles. The van der Waals surface area contributed by atoms with Crippen molar-refractivity contribution in [1.82, 2.24) is 14.9 Å². The predicted molar refractivity (Wildman–Crippen MR) is 113 cm³/mol. The number of nitrogens with zero attached hydrogens (tertiary/aromatic N) is 2. The number of carbonyl (C=O) groups is 2. The maximum absolute atomic E-state index is 12.6. The number of benzene rings is 1. The van der Waals surface area contributed by atoms with Crippen molar-refractivity contribution in [2.45, 2.75) is 31.0 Å². The van der Waals surface area contributed by atoms with Crippen LogP contribution in [-0.2, 0) is 9.53 Å². The number of alkyl halides is 3. The summed E-state index contributed by atoms with van der Waals surface area (Å²) < 4.78 is 43.5. The molecule has 13 heteroatoms. The van der Waals surface area contributed by atoms with Crippen molar-refractivity contribution in [1.29, 1.82) is 0 Å². The minimum Gasteiger partial charge on any atom is -0.394 e. The van der Waals surface area contributed by atoms with Crippen molar-refractivity contribution in [3.8, 4) is 0 Å². The molecule has 0 bridgehead atoms. The van der Waals surface area contributed by atoms with Gasteiger partial charge in [0.15, 0.2) is 0 Å². The molecule has 1 aromatic carbocycles. The standard InChI is InChI=1S/C21H21F3N4O6/c22-21(23,24)19(32)25-8-4-7-13-10-28(16-9-14(30)15(11-29)34-16)20(33)27-17(13)26-18(31)12-5-2-1-3-6-12/h1-7,10,14-16,29-30H,8-9,11H2,(H,25,32)(H,26,27,31,33)/t14-,15+,16+/m0/s1. The first-order valence-corrected chi connectivity index (χ1v) is 10.1. The Kier molecular flexibility index (Phi) is 7.81. The van der Waals surface area contributed by atoms with Crippen LogP contribution >= 0.6 is 0 Å². The SMILES string of the molecule is O=C(Nc1nc(=O)n([C@H]2C[C@H](O)[C@@H](CO)O2)cc1C=CCNC(=O)C(F)(F)F)c1ccccc1. The number of anilines is 1. The third kappa shape index (κ3) is 6.07. The van der Waals surface area contributed by atoms with Gasteiger partial charge in [-0.15, -0.1) is 0 Å². The van der Waals surface area contributed by atoms with Crippen LogP contribution in [0, 0.1) is 0 Å². The summed E-state index contributed by atoms with van der Waals surface area (Å²) in [5, 5.41) is 23.4. The van der Waals surface area contributed by atoms with Gasteiger partial charge in [0, 0.05) is 30.3 Å². The van der Waals surface area contributed by atoms with E-state index >= 15 is 0 Å². The molecule has 0 saturated carbocycles.